The third-order valence-corrected chi connectivity index (χ3v) is 6.23. The van der Waals surface area contributed by atoms with Crippen LogP contribution < -0.4 is 15.4 Å². The Morgan fingerprint density at radius 2 is 1.61 bits per heavy atom. The lowest BCUT2D eigenvalue weighted by Crippen LogP contribution is -2.33. The first-order chi connectivity index (χ1) is 16.3. The number of fused-ring (bicyclic) bond motifs is 1. The number of piperidine rings is 1. The Labute approximate surface area is 195 Å². The van der Waals surface area contributed by atoms with E-state index in [0.29, 0.717) is 12.2 Å². The van der Waals surface area contributed by atoms with Crippen LogP contribution >= 0.6 is 0 Å². The van der Waals surface area contributed by atoms with E-state index in [2.05, 4.69) is 15.5 Å². The summed E-state index contributed by atoms with van der Waals surface area (Å²) >= 11 is 0. The maximum Gasteiger partial charge on any atom is 0.258 e. The molecule has 0 aromatic heterocycles. The summed E-state index contributed by atoms with van der Waals surface area (Å²) in [5.41, 5.74) is 5.05. The van der Waals surface area contributed by atoms with Crippen molar-refractivity contribution in [1.82, 2.24) is 4.90 Å². The van der Waals surface area contributed by atoms with Crippen LogP contribution in [0.25, 0.3) is 11.3 Å². The van der Waals surface area contributed by atoms with Crippen molar-refractivity contribution in [3.05, 3.63) is 90.0 Å². The number of rotatable bonds is 7. The van der Waals surface area contributed by atoms with Gasteiger partial charge < -0.3 is 15.4 Å². The van der Waals surface area contributed by atoms with Crippen LogP contribution in [-0.4, -0.2) is 37.0 Å². The van der Waals surface area contributed by atoms with Crippen LogP contribution in [0.3, 0.4) is 0 Å². The number of ether oxygens (including phenoxy) is 1. The van der Waals surface area contributed by atoms with Crippen LogP contribution in [0, 0.1) is 0 Å². The molecule has 0 aliphatic carbocycles. The van der Waals surface area contributed by atoms with E-state index in [1.807, 2.05) is 78.9 Å². The molecule has 0 radical (unpaired) electrons. The van der Waals surface area contributed by atoms with Crippen LogP contribution in [0.5, 0.6) is 5.75 Å². The molecule has 168 valence electrons. The maximum atomic E-state index is 12.9. The number of carbonyl (C=O) groups excluding carboxylic acids is 1. The van der Waals surface area contributed by atoms with Gasteiger partial charge in [0.2, 0.25) is 0 Å². The van der Waals surface area contributed by atoms with Crippen molar-refractivity contribution in [3.8, 4) is 5.75 Å². The van der Waals surface area contributed by atoms with Gasteiger partial charge in [0.25, 0.3) is 5.91 Å². The van der Waals surface area contributed by atoms with Crippen LogP contribution in [0.4, 0.5) is 11.4 Å². The maximum absolute atomic E-state index is 12.9. The normalized spacial score (nSPS) is 17.3. The summed E-state index contributed by atoms with van der Waals surface area (Å²) in [4.78, 5) is 15.4. The molecule has 33 heavy (non-hydrogen) atoms. The molecule has 3 aromatic carbocycles. The molecule has 1 fully saturated rings. The Morgan fingerprint density at radius 3 is 2.39 bits per heavy atom. The summed E-state index contributed by atoms with van der Waals surface area (Å²) in [6.07, 6.45) is 3.93. The number of amides is 1. The zero-order valence-corrected chi connectivity index (χ0v) is 18.7. The smallest absolute Gasteiger partial charge is 0.258 e. The molecule has 1 saturated heterocycles. The quantitative estimate of drug-likeness (QED) is 0.479. The van der Waals surface area contributed by atoms with Crippen molar-refractivity contribution in [1.29, 1.82) is 0 Å². The van der Waals surface area contributed by atoms with E-state index in [0.717, 1.165) is 40.5 Å². The molecular formula is C28H29N3O2. The van der Waals surface area contributed by atoms with Crippen molar-refractivity contribution in [2.75, 3.05) is 36.9 Å². The summed E-state index contributed by atoms with van der Waals surface area (Å²) in [7, 11) is 0. The number of nitrogens with zero attached hydrogens (tertiary/aromatic N) is 1. The number of likely N-dealkylation sites (tertiary alicyclic amines) is 1. The zero-order valence-electron chi connectivity index (χ0n) is 18.7. The summed E-state index contributed by atoms with van der Waals surface area (Å²) in [6, 6.07) is 25.7. The molecule has 2 aliphatic rings. The minimum atomic E-state index is -0.0970. The van der Waals surface area contributed by atoms with Gasteiger partial charge in [-0.25, -0.2) is 0 Å². The van der Waals surface area contributed by atoms with E-state index in [4.69, 9.17) is 4.74 Å². The fourth-order valence-electron chi connectivity index (χ4n) is 4.50. The fourth-order valence-corrected chi connectivity index (χ4v) is 4.50. The summed E-state index contributed by atoms with van der Waals surface area (Å²) in [6.45, 7) is 4.03. The van der Waals surface area contributed by atoms with Gasteiger partial charge in [-0.15, -0.1) is 0 Å². The van der Waals surface area contributed by atoms with Crippen molar-refractivity contribution < 1.29 is 9.53 Å². The average Bonchev–Trinajstić information content (AvgIpc) is 3.20. The summed E-state index contributed by atoms with van der Waals surface area (Å²) in [5.74, 6) is 0.760. The number of para-hydroxylation sites is 1. The SMILES string of the molecule is O=C1Nc2ccccc2C1=C(Nc1ccc(OCCN2CCCCC2)cc1)c1ccccc1. The second-order valence-corrected chi connectivity index (χ2v) is 8.52. The Morgan fingerprint density at radius 1 is 0.879 bits per heavy atom. The number of hydrogen-bond acceptors (Lipinski definition) is 4. The van der Waals surface area contributed by atoms with E-state index < -0.39 is 0 Å². The third-order valence-electron chi connectivity index (χ3n) is 6.23. The van der Waals surface area contributed by atoms with E-state index in [1.165, 1.54) is 32.4 Å². The molecule has 0 atom stereocenters. The van der Waals surface area contributed by atoms with Gasteiger partial charge in [-0.1, -0.05) is 55.0 Å². The molecule has 0 bridgehead atoms. The van der Waals surface area contributed by atoms with Crippen LogP contribution in [-0.2, 0) is 4.79 Å². The second kappa shape index (κ2) is 9.92. The predicted octanol–water partition coefficient (Wildman–Crippen LogP) is 5.48. The molecule has 5 heteroatoms. The lowest BCUT2D eigenvalue weighted by Gasteiger charge is -2.26. The Hall–Kier alpha value is -3.57. The third kappa shape index (κ3) is 4.94. The van der Waals surface area contributed by atoms with Crippen LogP contribution in [0.15, 0.2) is 78.9 Å². The largest absolute Gasteiger partial charge is 0.492 e. The number of benzene rings is 3. The van der Waals surface area contributed by atoms with Gasteiger partial charge >= 0.3 is 0 Å². The topological polar surface area (TPSA) is 53.6 Å². The monoisotopic (exact) mass is 439 g/mol. The van der Waals surface area contributed by atoms with E-state index in [1.54, 1.807) is 0 Å². The minimum absolute atomic E-state index is 0.0970. The molecule has 0 saturated carbocycles. The highest BCUT2D eigenvalue weighted by molar-refractivity contribution is 6.37. The first-order valence-electron chi connectivity index (χ1n) is 11.7. The molecule has 0 spiro atoms. The zero-order chi connectivity index (χ0) is 22.5. The fraction of sp³-hybridized carbons (Fsp3) is 0.250. The molecule has 5 nitrogen and oxygen atoms in total. The lowest BCUT2D eigenvalue weighted by atomic mass is 10.00. The first kappa shape index (κ1) is 21.3. The van der Waals surface area contributed by atoms with Gasteiger partial charge in [-0.2, -0.15) is 0 Å². The van der Waals surface area contributed by atoms with E-state index in [-0.39, 0.29) is 5.91 Å². The van der Waals surface area contributed by atoms with Gasteiger partial charge in [0.1, 0.15) is 12.4 Å². The number of hydrogen-bond donors (Lipinski definition) is 2. The van der Waals surface area contributed by atoms with Crippen LogP contribution in [0.1, 0.15) is 30.4 Å². The van der Waals surface area contributed by atoms with E-state index >= 15 is 0 Å². The van der Waals surface area contributed by atoms with E-state index in [9.17, 15) is 4.79 Å². The lowest BCUT2D eigenvalue weighted by molar-refractivity contribution is -0.110. The van der Waals surface area contributed by atoms with Gasteiger partial charge in [-0.3, -0.25) is 9.69 Å². The van der Waals surface area contributed by atoms with Crippen LogP contribution in [0.2, 0.25) is 0 Å². The Balaban J connectivity index is 1.34. The average molecular weight is 440 g/mol. The molecule has 3 aromatic rings. The molecule has 0 unspecified atom stereocenters. The van der Waals surface area contributed by atoms with Crippen molar-refractivity contribution in [2.45, 2.75) is 19.3 Å². The number of anilines is 2. The minimum Gasteiger partial charge on any atom is -0.492 e. The van der Waals surface area contributed by atoms with Gasteiger partial charge in [0.05, 0.1) is 11.3 Å². The highest BCUT2D eigenvalue weighted by Gasteiger charge is 2.28. The van der Waals surface area contributed by atoms with Crippen molar-refractivity contribution in [3.63, 3.8) is 0 Å². The summed E-state index contributed by atoms with van der Waals surface area (Å²) in [5, 5.41) is 6.48. The highest BCUT2D eigenvalue weighted by Crippen LogP contribution is 2.37. The standard InChI is InChI=1S/C28H29N3O2/c32-28-26(24-11-5-6-12-25(24)30-28)27(21-9-3-1-4-10-21)29-22-13-15-23(16-14-22)33-20-19-31-17-7-2-8-18-31/h1,3-6,9-16,29H,2,7-8,17-20H2,(H,30,32). The number of nitrogens with one attached hydrogen (secondary N) is 2. The molecule has 1 amide bonds. The first-order valence-corrected chi connectivity index (χ1v) is 11.7. The Kier molecular flexibility index (Phi) is 6.40. The van der Waals surface area contributed by atoms with Gasteiger partial charge in [-0.05, 0) is 61.8 Å². The number of carbonyl (C=O) groups is 1. The summed E-state index contributed by atoms with van der Waals surface area (Å²) < 4.78 is 5.97. The molecular weight excluding hydrogens is 410 g/mol. The molecule has 2 aliphatic heterocycles. The highest BCUT2D eigenvalue weighted by atomic mass is 16.5. The van der Waals surface area contributed by atoms with Crippen molar-refractivity contribution >= 4 is 28.6 Å². The second-order valence-electron chi connectivity index (χ2n) is 8.52. The van der Waals surface area contributed by atoms with Gasteiger partial charge in [0, 0.05) is 23.5 Å². The molecule has 5 rings (SSSR count). The molecule has 2 N–H and O–H groups in total. The molecule has 2 heterocycles. The predicted molar refractivity (Wildman–Crippen MR) is 134 cm³/mol. The van der Waals surface area contributed by atoms with Gasteiger partial charge in [0.15, 0.2) is 0 Å². The van der Waals surface area contributed by atoms with Crippen molar-refractivity contribution in [2.24, 2.45) is 0 Å². The Bertz CT molecular complexity index is 1130.